The fourth-order valence-electron chi connectivity index (χ4n) is 4.10. The van der Waals surface area contributed by atoms with E-state index in [2.05, 4.69) is 10.2 Å². The number of hydrogen-bond acceptors (Lipinski definition) is 6. The zero-order valence-electron chi connectivity index (χ0n) is 17.3. The number of piperidine rings is 1. The van der Waals surface area contributed by atoms with Crippen LogP contribution < -0.4 is 4.74 Å². The first-order valence-electron chi connectivity index (χ1n) is 10.5. The highest BCUT2D eigenvalue weighted by Gasteiger charge is 2.30. The Kier molecular flexibility index (Phi) is 5.37. The van der Waals surface area contributed by atoms with Gasteiger partial charge in [-0.1, -0.05) is 36.4 Å². The molecule has 1 unspecified atom stereocenters. The number of nitrogens with zero attached hydrogens (tertiary/aromatic N) is 3. The Labute approximate surface area is 184 Å². The standard InChI is InChI=1S/C25H21N3O4/c29-24(22-9-3-6-17-5-1-2-8-21(17)22)28-14-4-7-19(15-28)25(30)32-20-12-10-18(11-13-20)23-27-26-16-31-23/h1-3,5-6,8-13,16,19H,4,7,14-15H2. The van der Waals surface area contributed by atoms with E-state index in [1.807, 2.05) is 42.5 Å². The minimum Gasteiger partial charge on any atom is -0.426 e. The minimum absolute atomic E-state index is 0.0526. The number of benzene rings is 3. The molecule has 160 valence electrons. The molecule has 0 saturated carbocycles. The van der Waals surface area contributed by atoms with Gasteiger partial charge in [0.15, 0.2) is 0 Å². The Hall–Kier alpha value is -4.00. The summed E-state index contributed by atoms with van der Waals surface area (Å²) in [6.45, 7) is 0.978. The molecule has 7 heteroatoms. The predicted molar refractivity (Wildman–Crippen MR) is 118 cm³/mol. The van der Waals surface area contributed by atoms with Gasteiger partial charge in [-0.3, -0.25) is 9.59 Å². The van der Waals surface area contributed by atoms with Crippen LogP contribution in [0.15, 0.2) is 77.5 Å². The van der Waals surface area contributed by atoms with Crippen molar-refractivity contribution >= 4 is 22.6 Å². The van der Waals surface area contributed by atoms with Crippen molar-refractivity contribution in [3.8, 4) is 17.2 Å². The van der Waals surface area contributed by atoms with Gasteiger partial charge >= 0.3 is 5.97 Å². The van der Waals surface area contributed by atoms with E-state index in [0.717, 1.165) is 22.8 Å². The van der Waals surface area contributed by atoms with E-state index in [9.17, 15) is 9.59 Å². The number of aromatic nitrogens is 2. The Bertz CT molecular complexity index is 1250. The molecule has 2 heterocycles. The average molecular weight is 427 g/mol. The lowest BCUT2D eigenvalue weighted by molar-refractivity contribution is -0.140. The van der Waals surface area contributed by atoms with Gasteiger partial charge in [-0.15, -0.1) is 10.2 Å². The fourth-order valence-corrected chi connectivity index (χ4v) is 4.10. The van der Waals surface area contributed by atoms with Crippen molar-refractivity contribution in [3.63, 3.8) is 0 Å². The van der Waals surface area contributed by atoms with Gasteiger partial charge in [0.1, 0.15) is 5.75 Å². The molecule has 0 spiro atoms. The number of likely N-dealkylation sites (tertiary alicyclic amines) is 1. The second-order valence-electron chi connectivity index (χ2n) is 7.81. The molecule has 1 atom stereocenters. The predicted octanol–water partition coefficient (Wildman–Crippen LogP) is 4.35. The molecule has 7 nitrogen and oxygen atoms in total. The second kappa shape index (κ2) is 8.63. The van der Waals surface area contributed by atoms with Gasteiger partial charge in [0.2, 0.25) is 12.3 Å². The third-order valence-electron chi connectivity index (χ3n) is 5.74. The second-order valence-corrected chi connectivity index (χ2v) is 7.81. The van der Waals surface area contributed by atoms with Crippen molar-refractivity contribution < 1.29 is 18.7 Å². The van der Waals surface area contributed by atoms with Crippen LogP contribution in [0.1, 0.15) is 23.2 Å². The number of ether oxygens (including phenoxy) is 1. The van der Waals surface area contributed by atoms with Crippen LogP contribution in [0.3, 0.4) is 0 Å². The van der Waals surface area contributed by atoms with Crippen LogP contribution in [0, 0.1) is 5.92 Å². The zero-order chi connectivity index (χ0) is 21.9. The van der Waals surface area contributed by atoms with Gasteiger partial charge < -0.3 is 14.1 Å². The maximum atomic E-state index is 13.2. The van der Waals surface area contributed by atoms with Gasteiger partial charge in [-0.25, -0.2) is 0 Å². The van der Waals surface area contributed by atoms with Crippen LogP contribution in [0.25, 0.3) is 22.2 Å². The lowest BCUT2D eigenvalue weighted by Gasteiger charge is -2.31. The van der Waals surface area contributed by atoms with Crippen LogP contribution in [0.5, 0.6) is 5.75 Å². The summed E-state index contributed by atoms with van der Waals surface area (Å²) in [7, 11) is 0. The Balaban J connectivity index is 1.27. The van der Waals surface area contributed by atoms with Crippen LogP contribution in [-0.4, -0.2) is 40.1 Å². The first-order valence-corrected chi connectivity index (χ1v) is 10.5. The SMILES string of the molecule is O=C(Oc1ccc(-c2nnco2)cc1)C1CCCN(C(=O)c2cccc3ccccc23)C1. The first kappa shape index (κ1) is 19.9. The quantitative estimate of drug-likeness (QED) is 0.356. The number of amides is 1. The Morgan fingerprint density at radius 3 is 2.62 bits per heavy atom. The lowest BCUT2D eigenvalue weighted by Crippen LogP contribution is -2.43. The molecule has 1 aliphatic heterocycles. The summed E-state index contributed by atoms with van der Waals surface area (Å²) in [6.07, 6.45) is 2.71. The molecule has 0 radical (unpaired) electrons. The van der Waals surface area contributed by atoms with Crippen molar-refractivity contribution in [2.45, 2.75) is 12.8 Å². The van der Waals surface area contributed by atoms with Crippen molar-refractivity contribution in [1.82, 2.24) is 15.1 Å². The molecular weight excluding hydrogens is 406 g/mol. The van der Waals surface area contributed by atoms with Crippen LogP contribution in [0.2, 0.25) is 0 Å². The lowest BCUT2D eigenvalue weighted by atomic mass is 9.96. The van der Waals surface area contributed by atoms with Crippen molar-refractivity contribution in [3.05, 3.63) is 78.7 Å². The largest absolute Gasteiger partial charge is 0.426 e. The maximum Gasteiger partial charge on any atom is 0.316 e. The van der Waals surface area contributed by atoms with Gasteiger partial charge in [-0.2, -0.15) is 0 Å². The highest BCUT2D eigenvalue weighted by Crippen LogP contribution is 2.26. The van der Waals surface area contributed by atoms with Crippen LogP contribution in [-0.2, 0) is 4.79 Å². The summed E-state index contributed by atoms with van der Waals surface area (Å²) in [4.78, 5) is 27.8. The molecule has 3 aromatic carbocycles. The number of fused-ring (bicyclic) bond motifs is 1. The molecule has 1 amide bonds. The number of carbonyl (C=O) groups excluding carboxylic acids is 2. The van der Waals surface area contributed by atoms with Crippen molar-refractivity contribution in [2.24, 2.45) is 5.92 Å². The number of rotatable bonds is 4. The van der Waals surface area contributed by atoms with Gasteiger partial charge in [0.05, 0.1) is 5.92 Å². The van der Waals surface area contributed by atoms with E-state index in [-0.39, 0.29) is 17.8 Å². The number of hydrogen-bond donors (Lipinski definition) is 0. The van der Waals surface area contributed by atoms with Gasteiger partial charge in [-0.05, 0) is 53.9 Å². The summed E-state index contributed by atoms with van der Waals surface area (Å²) >= 11 is 0. The molecular formula is C25H21N3O4. The van der Waals surface area contributed by atoms with E-state index in [4.69, 9.17) is 9.15 Å². The normalized spacial score (nSPS) is 16.1. The summed E-state index contributed by atoms with van der Waals surface area (Å²) in [5.74, 6) is 0.0981. The summed E-state index contributed by atoms with van der Waals surface area (Å²) in [5.41, 5.74) is 1.40. The molecule has 0 N–H and O–H groups in total. The average Bonchev–Trinajstić information content (AvgIpc) is 3.39. The third kappa shape index (κ3) is 3.97. The molecule has 5 rings (SSSR count). The summed E-state index contributed by atoms with van der Waals surface area (Å²) in [5, 5.41) is 9.46. The zero-order valence-corrected chi connectivity index (χ0v) is 17.3. The third-order valence-corrected chi connectivity index (χ3v) is 5.74. The smallest absolute Gasteiger partial charge is 0.316 e. The van der Waals surface area contributed by atoms with E-state index in [0.29, 0.717) is 36.7 Å². The molecule has 1 saturated heterocycles. The topological polar surface area (TPSA) is 85.5 Å². The Morgan fingerprint density at radius 1 is 1.00 bits per heavy atom. The molecule has 0 bridgehead atoms. The number of esters is 1. The summed E-state index contributed by atoms with van der Waals surface area (Å²) < 4.78 is 10.8. The minimum atomic E-state index is -0.363. The van der Waals surface area contributed by atoms with E-state index in [1.165, 1.54) is 6.39 Å². The molecule has 1 aromatic heterocycles. The Morgan fingerprint density at radius 2 is 1.81 bits per heavy atom. The van der Waals surface area contributed by atoms with Gasteiger partial charge in [0, 0.05) is 24.2 Å². The van der Waals surface area contributed by atoms with Crippen LogP contribution in [0.4, 0.5) is 0 Å². The monoisotopic (exact) mass is 427 g/mol. The first-order chi connectivity index (χ1) is 15.7. The molecule has 32 heavy (non-hydrogen) atoms. The molecule has 4 aromatic rings. The molecule has 1 fully saturated rings. The highest BCUT2D eigenvalue weighted by atomic mass is 16.5. The van der Waals surface area contributed by atoms with E-state index >= 15 is 0 Å². The highest BCUT2D eigenvalue weighted by molar-refractivity contribution is 6.07. The van der Waals surface area contributed by atoms with E-state index < -0.39 is 0 Å². The van der Waals surface area contributed by atoms with E-state index in [1.54, 1.807) is 29.2 Å². The van der Waals surface area contributed by atoms with Crippen molar-refractivity contribution in [2.75, 3.05) is 13.1 Å². The summed E-state index contributed by atoms with van der Waals surface area (Å²) in [6, 6.07) is 20.5. The van der Waals surface area contributed by atoms with Gasteiger partial charge in [0.25, 0.3) is 5.91 Å². The maximum absolute atomic E-state index is 13.2. The van der Waals surface area contributed by atoms with Crippen LogP contribution >= 0.6 is 0 Å². The molecule has 1 aliphatic rings. The molecule has 0 aliphatic carbocycles. The fraction of sp³-hybridized carbons (Fsp3) is 0.200. The van der Waals surface area contributed by atoms with Crippen molar-refractivity contribution in [1.29, 1.82) is 0 Å². The number of carbonyl (C=O) groups is 2.